The van der Waals surface area contributed by atoms with Crippen LogP contribution in [-0.2, 0) is 6.18 Å². The van der Waals surface area contributed by atoms with E-state index < -0.39 is 11.7 Å². The summed E-state index contributed by atoms with van der Waals surface area (Å²) in [5, 5.41) is 0. The summed E-state index contributed by atoms with van der Waals surface area (Å²) in [5.74, 6) is 0.314. The van der Waals surface area contributed by atoms with Gasteiger partial charge in [-0.15, -0.1) is 0 Å². The Labute approximate surface area is 122 Å². The third-order valence-electron chi connectivity index (χ3n) is 4.02. The van der Waals surface area contributed by atoms with Gasteiger partial charge in [0.1, 0.15) is 0 Å². The molecular formula is C16H19F3N2. The fourth-order valence-corrected chi connectivity index (χ4v) is 2.82. The van der Waals surface area contributed by atoms with Gasteiger partial charge in [0.05, 0.1) is 17.9 Å². The second-order valence-electron chi connectivity index (χ2n) is 6.04. The van der Waals surface area contributed by atoms with E-state index in [1.165, 1.54) is 6.07 Å². The molecule has 0 spiro atoms. The van der Waals surface area contributed by atoms with Crippen molar-refractivity contribution < 1.29 is 13.2 Å². The largest absolute Gasteiger partial charge is 0.418 e. The SMILES string of the molecule is CC(C)C1=CN(c2ccccc2C(F)(F)F)CN1C1CC1. The highest BCUT2D eigenvalue weighted by Crippen LogP contribution is 2.41. The van der Waals surface area contributed by atoms with Crippen LogP contribution in [-0.4, -0.2) is 17.6 Å². The summed E-state index contributed by atoms with van der Waals surface area (Å²) in [4.78, 5) is 3.98. The normalized spacial score (nSPS) is 19.4. The lowest BCUT2D eigenvalue weighted by Crippen LogP contribution is -2.30. The maximum Gasteiger partial charge on any atom is 0.418 e. The minimum Gasteiger partial charge on any atom is -0.352 e. The van der Waals surface area contributed by atoms with Crippen LogP contribution in [0.25, 0.3) is 0 Å². The quantitative estimate of drug-likeness (QED) is 0.813. The minimum absolute atomic E-state index is 0.242. The molecule has 0 amide bonds. The molecule has 1 aromatic carbocycles. The highest BCUT2D eigenvalue weighted by Gasteiger charge is 2.39. The monoisotopic (exact) mass is 296 g/mol. The van der Waals surface area contributed by atoms with Crippen LogP contribution >= 0.6 is 0 Å². The van der Waals surface area contributed by atoms with Crippen LogP contribution in [0.2, 0.25) is 0 Å². The van der Waals surface area contributed by atoms with Gasteiger partial charge in [0, 0.05) is 17.9 Å². The van der Waals surface area contributed by atoms with Crippen LogP contribution in [0, 0.1) is 5.92 Å². The summed E-state index contributed by atoms with van der Waals surface area (Å²) in [6.07, 6.45) is -0.166. The van der Waals surface area contributed by atoms with E-state index in [0.29, 0.717) is 18.6 Å². The first-order valence-corrected chi connectivity index (χ1v) is 7.29. The highest BCUT2D eigenvalue weighted by molar-refractivity contribution is 5.58. The average Bonchev–Trinajstić information content (AvgIpc) is 3.16. The first-order valence-electron chi connectivity index (χ1n) is 7.29. The van der Waals surface area contributed by atoms with E-state index in [1.54, 1.807) is 17.0 Å². The summed E-state index contributed by atoms with van der Waals surface area (Å²) in [7, 11) is 0. The van der Waals surface area contributed by atoms with Crippen LogP contribution in [0.3, 0.4) is 0 Å². The summed E-state index contributed by atoms with van der Waals surface area (Å²) < 4.78 is 39.5. The number of halogens is 3. The van der Waals surface area contributed by atoms with Crippen molar-refractivity contribution >= 4 is 5.69 Å². The molecule has 1 saturated carbocycles. The molecule has 0 atom stereocenters. The molecule has 0 radical (unpaired) electrons. The van der Waals surface area contributed by atoms with Gasteiger partial charge in [-0.2, -0.15) is 13.2 Å². The van der Waals surface area contributed by atoms with Crippen molar-refractivity contribution in [2.24, 2.45) is 5.92 Å². The fourth-order valence-electron chi connectivity index (χ4n) is 2.82. The molecule has 0 bridgehead atoms. The third-order valence-corrected chi connectivity index (χ3v) is 4.02. The molecule has 1 aromatic rings. The van der Waals surface area contributed by atoms with Gasteiger partial charge in [-0.05, 0) is 30.9 Å². The van der Waals surface area contributed by atoms with Crippen LogP contribution in [0.15, 0.2) is 36.2 Å². The molecule has 114 valence electrons. The molecule has 21 heavy (non-hydrogen) atoms. The zero-order valence-corrected chi connectivity index (χ0v) is 12.2. The maximum atomic E-state index is 13.2. The van der Waals surface area contributed by atoms with Gasteiger partial charge in [-0.25, -0.2) is 0 Å². The molecule has 2 nitrogen and oxygen atoms in total. The molecule has 0 saturated heterocycles. The molecule has 0 aromatic heterocycles. The Morgan fingerprint density at radius 2 is 1.81 bits per heavy atom. The maximum absolute atomic E-state index is 13.2. The van der Waals surface area contributed by atoms with Gasteiger partial charge in [0.25, 0.3) is 0 Å². The van der Waals surface area contributed by atoms with Gasteiger partial charge < -0.3 is 9.80 Å². The van der Waals surface area contributed by atoms with Crippen molar-refractivity contribution in [2.75, 3.05) is 11.6 Å². The number of benzene rings is 1. The Kier molecular flexibility index (Phi) is 3.38. The van der Waals surface area contributed by atoms with Crippen LogP contribution in [0.5, 0.6) is 0 Å². The molecule has 0 N–H and O–H groups in total. The molecule has 3 rings (SSSR count). The second-order valence-corrected chi connectivity index (χ2v) is 6.04. The highest BCUT2D eigenvalue weighted by atomic mass is 19.4. The zero-order chi connectivity index (χ0) is 15.2. The van der Waals surface area contributed by atoms with Crippen molar-refractivity contribution in [1.29, 1.82) is 0 Å². The van der Waals surface area contributed by atoms with Crippen molar-refractivity contribution in [3.05, 3.63) is 41.7 Å². The molecule has 1 fully saturated rings. The Morgan fingerprint density at radius 3 is 2.38 bits per heavy atom. The van der Waals surface area contributed by atoms with E-state index in [-0.39, 0.29) is 5.69 Å². The average molecular weight is 296 g/mol. The Balaban J connectivity index is 1.95. The molecule has 1 aliphatic carbocycles. The standard InChI is InChI=1S/C16H19F3N2/c1-11(2)15-9-20(10-21(15)12-7-8-12)14-6-4-3-5-13(14)16(17,18)19/h3-6,9,11-12H,7-8,10H2,1-2H3. The van der Waals surface area contributed by atoms with E-state index in [9.17, 15) is 13.2 Å². The minimum atomic E-state index is -4.32. The van der Waals surface area contributed by atoms with Crippen molar-refractivity contribution in [3.63, 3.8) is 0 Å². The Bertz CT molecular complexity index is 559. The molecule has 5 heteroatoms. The lowest BCUT2D eigenvalue weighted by Gasteiger charge is -2.26. The first kappa shape index (κ1) is 14.3. The predicted molar refractivity (Wildman–Crippen MR) is 76.6 cm³/mol. The van der Waals surface area contributed by atoms with Gasteiger partial charge >= 0.3 is 6.18 Å². The van der Waals surface area contributed by atoms with E-state index >= 15 is 0 Å². The van der Waals surface area contributed by atoms with Gasteiger partial charge in [-0.1, -0.05) is 26.0 Å². The topological polar surface area (TPSA) is 6.48 Å². The van der Waals surface area contributed by atoms with E-state index in [2.05, 4.69) is 18.7 Å². The van der Waals surface area contributed by atoms with Crippen molar-refractivity contribution in [2.45, 2.75) is 38.9 Å². The first-order chi connectivity index (χ1) is 9.88. The Morgan fingerprint density at radius 1 is 1.14 bits per heavy atom. The van der Waals surface area contributed by atoms with Crippen molar-refractivity contribution in [3.8, 4) is 0 Å². The molecule has 1 aliphatic heterocycles. The second kappa shape index (κ2) is 4.97. The van der Waals surface area contributed by atoms with Crippen LogP contribution in [0.1, 0.15) is 32.3 Å². The smallest absolute Gasteiger partial charge is 0.352 e. The molecule has 2 aliphatic rings. The van der Waals surface area contributed by atoms with Crippen LogP contribution in [0.4, 0.5) is 18.9 Å². The van der Waals surface area contributed by atoms with E-state index in [1.807, 2.05) is 6.20 Å². The van der Waals surface area contributed by atoms with E-state index in [4.69, 9.17) is 0 Å². The molecule has 0 unspecified atom stereocenters. The molecular weight excluding hydrogens is 277 g/mol. The summed E-state index contributed by atoms with van der Waals surface area (Å²) in [5.41, 5.74) is 0.808. The van der Waals surface area contributed by atoms with Gasteiger partial charge in [0.2, 0.25) is 0 Å². The summed E-state index contributed by atoms with van der Waals surface area (Å²) in [6.45, 7) is 4.69. The third kappa shape index (κ3) is 2.74. The van der Waals surface area contributed by atoms with Crippen molar-refractivity contribution in [1.82, 2.24) is 4.90 Å². The number of rotatable bonds is 3. The number of anilines is 1. The number of hydrogen-bond donors (Lipinski definition) is 0. The number of hydrogen-bond acceptors (Lipinski definition) is 2. The fraction of sp³-hybridized carbons (Fsp3) is 0.500. The summed E-state index contributed by atoms with van der Waals surface area (Å²) in [6, 6.07) is 6.30. The number of alkyl halides is 3. The lowest BCUT2D eigenvalue weighted by atomic mass is 10.1. The lowest BCUT2D eigenvalue weighted by molar-refractivity contribution is -0.137. The number of nitrogens with zero attached hydrogens (tertiary/aromatic N) is 2. The van der Waals surface area contributed by atoms with Gasteiger partial charge in [-0.3, -0.25) is 0 Å². The van der Waals surface area contributed by atoms with Gasteiger partial charge in [0.15, 0.2) is 0 Å². The zero-order valence-electron chi connectivity index (χ0n) is 12.2. The Hall–Kier alpha value is -1.65. The number of allylic oxidation sites excluding steroid dienone is 1. The van der Waals surface area contributed by atoms with Crippen LogP contribution < -0.4 is 4.90 Å². The molecule has 1 heterocycles. The predicted octanol–water partition coefficient (Wildman–Crippen LogP) is 4.44. The van der Waals surface area contributed by atoms with E-state index in [0.717, 1.165) is 24.6 Å². The summed E-state index contributed by atoms with van der Waals surface area (Å²) >= 11 is 0. The number of para-hydroxylation sites is 1.